The van der Waals surface area contributed by atoms with Gasteiger partial charge >= 0.3 is 0 Å². The molecule has 5 nitrogen and oxygen atoms in total. The van der Waals surface area contributed by atoms with Crippen molar-refractivity contribution in [3.8, 4) is 0 Å². The van der Waals surface area contributed by atoms with Crippen molar-refractivity contribution < 1.29 is 13.6 Å². The second-order valence-electron chi connectivity index (χ2n) is 7.30. The highest BCUT2D eigenvalue weighted by Gasteiger charge is 2.42. The summed E-state index contributed by atoms with van der Waals surface area (Å²) in [6.07, 6.45) is 0. The van der Waals surface area contributed by atoms with Crippen LogP contribution in [0.1, 0.15) is 41.6 Å². The normalized spacial score (nSPS) is 16.0. The summed E-state index contributed by atoms with van der Waals surface area (Å²) in [5, 5.41) is 0.145. The van der Waals surface area contributed by atoms with E-state index in [0.29, 0.717) is 13.1 Å². The Morgan fingerprint density at radius 1 is 1.13 bits per heavy atom. The van der Waals surface area contributed by atoms with Gasteiger partial charge in [-0.05, 0) is 49.0 Å². The summed E-state index contributed by atoms with van der Waals surface area (Å²) in [4.78, 5) is 30.6. The molecule has 156 valence electrons. The molecule has 0 N–H and O–H groups in total. The van der Waals surface area contributed by atoms with Crippen LogP contribution in [0.15, 0.2) is 56.1 Å². The molecule has 7 heteroatoms. The van der Waals surface area contributed by atoms with Crippen molar-refractivity contribution in [3.63, 3.8) is 0 Å². The van der Waals surface area contributed by atoms with E-state index in [9.17, 15) is 14.0 Å². The number of likely N-dealkylation sites (N-methyl/N-ethyl adjacent to an activating group) is 1. The molecule has 1 aromatic heterocycles. The number of rotatable bonds is 6. The van der Waals surface area contributed by atoms with Gasteiger partial charge in [0.2, 0.25) is 5.76 Å². The molecule has 1 aliphatic heterocycles. The molecule has 1 amide bonds. The monoisotopic (exact) mass is 472 g/mol. The topological polar surface area (TPSA) is 53.8 Å². The third kappa shape index (κ3) is 3.56. The first-order valence-electron chi connectivity index (χ1n) is 9.99. The van der Waals surface area contributed by atoms with Crippen LogP contribution in [-0.2, 0) is 0 Å². The fourth-order valence-corrected chi connectivity index (χ4v) is 4.45. The van der Waals surface area contributed by atoms with Crippen molar-refractivity contribution in [2.75, 3.05) is 26.2 Å². The number of nitrogens with zero attached hydrogens (tertiary/aromatic N) is 2. The van der Waals surface area contributed by atoms with E-state index in [4.69, 9.17) is 4.42 Å². The van der Waals surface area contributed by atoms with Gasteiger partial charge in [-0.2, -0.15) is 0 Å². The summed E-state index contributed by atoms with van der Waals surface area (Å²) in [5.74, 6) is -0.787. The summed E-state index contributed by atoms with van der Waals surface area (Å²) in [5.41, 5.74) is 0.927. The molecule has 4 rings (SSSR count). The van der Waals surface area contributed by atoms with Gasteiger partial charge in [0, 0.05) is 17.6 Å². The molecule has 1 aliphatic rings. The minimum atomic E-state index is -0.579. The van der Waals surface area contributed by atoms with Gasteiger partial charge in [-0.1, -0.05) is 41.9 Å². The van der Waals surface area contributed by atoms with Gasteiger partial charge in [-0.3, -0.25) is 9.59 Å². The first-order valence-corrected chi connectivity index (χ1v) is 10.8. The van der Waals surface area contributed by atoms with Crippen molar-refractivity contribution >= 4 is 32.8 Å². The van der Waals surface area contributed by atoms with Crippen molar-refractivity contribution in [3.05, 3.63) is 79.9 Å². The predicted molar refractivity (Wildman–Crippen MR) is 117 cm³/mol. The number of carbonyl (C=O) groups is 1. The Morgan fingerprint density at radius 2 is 1.90 bits per heavy atom. The fraction of sp³-hybridized carbons (Fsp3) is 0.304. The maximum Gasteiger partial charge on any atom is 0.290 e. The minimum absolute atomic E-state index is 0.0450. The summed E-state index contributed by atoms with van der Waals surface area (Å²) >= 11 is 3.47. The number of halogens is 2. The highest BCUT2D eigenvalue weighted by atomic mass is 79.9. The van der Waals surface area contributed by atoms with Crippen LogP contribution in [0.2, 0.25) is 0 Å². The van der Waals surface area contributed by atoms with Crippen LogP contribution in [-0.4, -0.2) is 41.9 Å². The summed E-state index contributed by atoms with van der Waals surface area (Å²) < 4.78 is 20.5. The highest BCUT2D eigenvalue weighted by molar-refractivity contribution is 9.10. The standard InChI is InChI=1S/C23H22BrFN2O3/c1-3-26(4-2)10-11-27-20(14-6-5-7-15(24)12-14)19-21(28)17-13-16(25)8-9-18(17)30-22(19)23(27)29/h5-9,12-13,20H,3-4,10-11H2,1-2H3. The first-order chi connectivity index (χ1) is 14.4. The third-order valence-electron chi connectivity index (χ3n) is 5.64. The Hall–Kier alpha value is -2.51. The molecule has 0 saturated heterocycles. The van der Waals surface area contributed by atoms with Gasteiger partial charge < -0.3 is 14.2 Å². The predicted octanol–water partition coefficient (Wildman–Crippen LogP) is 4.58. The maximum absolute atomic E-state index is 13.8. The summed E-state index contributed by atoms with van der Waals surface area (Å²) in [6, 6.07) is 10.7. The van der Waals surface area contributed by atoms with Crippen LogP contribution in [0, 0.1) is 5.82 Å². The number of carbonyl (C=O) groups excluding carboxylic acids is 1. The fourth-order valence-electron chi connectivity index (χ4n) is 4.04. The zero-order valence-corrected chi connectivity index (χ0v) is 18.4. The SMILES string of the molecule is CCN(CC)CCN1C(=O)c2oc3ccc(F)cc3c(=O)c2C1c1cccc(Br)c1. The van der Waals surface area contributed by atoms with E-state index in [0.717, 1.165) is 23.1 Å². The van der Waals surface area contributed by atoms with E-state index in [1.54, 1.807) is 4.90 Å². The van der Waals surface area contributed by atoms with Crippen LogP contribution in [0.25, 0.3) is 11.0 Å². The molecule has 0 radical (unpaired) electrons. The molecule has 0 bridgehead atoms. The Labute approximate surface area is 182 Å². The smallest absolute Gasteiger partial charge is 0.290 e. The summed E-state index contributed by atoms with van der Waals surface area (Å²) in [7, 11) is 0. The van der Waals surface area contributed by atoms with Crippen molar-refractivity contribution in [1.29, 1.82) is 0 Å². The maximum atomic E-state index is 13.8. The van der Waals surface area contributed by atoms with Crippen molar-refractivity contribution in [2.24, 2.45) is 0 Å². The van der Waals surface area contributed by atoms with Crippen LogP contribution < -0.4 is 5.43 Å². The van der Waals surface area contributed by atoms with Gasteiger partial charge in [0.25, 0.3) is 5.91 Å². The quantitative estimate of drug-likeness (QED) is 0.526. The Balaban J connectivity index is 1.89. The van der Waals surface area contributed by atoms with Gasteiger partial charge in [0.15, 0.2) is 5.43 Å². The molecule has 1 atom stereocenters. The number of fused-ring (bicyclic) bond motifs is 2. The van der Waals surface area contributed by atoms with E-state index >= 15 is 0 Å². The zero-order chi connectivity index (χ0) is 21.4. The molecule has 30 heavy (non-hydrogen) atoms. The van der Waals surface area contributed by atoms with Gasteiger partial charge in [-0.15, -0.1) is 0 Å². The second kappa shape index (κ2) is 8.32. The molecule has 0 fully saturated rings. The first kappa shape index (κ1) is 20.8. The lowest BCUT2D eigenvalue weighted by atomic mass is 9.98. The average Bonchev–Trinajstić information content (AvgIpc) is 3.02. The Kier molecular flexibility index (Phi) is 5.75. The molecule has 0 saturated carbocycles. The van der Waals surface area contributed by atoms with E-state index in [2.05, 4.69) is 34.7 Å². The van der Waals surface area contributed by atoms with Crippen molar-refractivity contribution in [1.82, 2.24) is 9.80 Å². The van der Waals surface area contributed by atoms with E-state index in [-0.39, 0.29) is 33.6 Å². The minimum Gasteiger partial charge on any atom is -0.450 e. The Bertz CT molecular complexity index is 1170. The second-order valence-corrected chi connectivity index (χ2v) is 8.21. The zero-order valence-electron chi connectivity index (χ0n) is 16.8. The van der Waals surface area contributed by atoms with E-state index < -0.39 is 11.9 Å². The van der Waals surface area contributed by atoms with Crippen LogP contribution in [0.4, 0.5) is 4.39 Å². The van der Waals surface area contributed by atoms with Crippen molar-refractivity contribution in [2.45, 2.75) is 19.9 Å². The van der Waals surface area contributed by atoms with Gasteiger partial charge in [-0.25, -0.2) is 4.39 Å². The highest BCUT2D eigenvalue weighted by Crippen LogP contribution is 2.38. The number of hydrogen-bond donors (Lipinski definition) is 0. The number of amides is 1. The van der Waals surface area contributed by atoms with Crippen LogP contribution >= 0.6 is 15.9 Å². The molecule has 3 aromatic rings. The number of benzene rings is 2. The van der Waals surface area contributed by atoms with E-state index in [1.807, 2.05) is 24.3 Å². The molecule has 0 aliphatic carbocycles. The molecular weight excluding hydrogens is 451 g/mol. The molecule has 1 unspecified atom stereocenters. The van der Waals surface area contributed by atoms with Gasteiger partial charge in [0.05, 0.1) is 17.0 Å². The number of hydrogen-bond acceptors (Lipinski definition) is 4. The summed E-state index contributed by atoms with van der Waals surface area (Å²) in [6.45, 7) is 7.01. The molecular formula is C23H22BrFN2O3. The third-order valence-corrected chi connectivity index (χ3v) is 6.14. The molecule has 0 spiro atoms. The Morgan fingerprint density at radius 3 is 2.60 bits per heavy atom. The lowest BCUT2D eigenvalue weighted by Gasteiger charge is -2.28. The molecule has 2 heterocycles. The van der Waals surface area contributed by atoms with Crippen LogP contribution in [0.5, 0.6) is 0 Å². The average molecular weight is 473 g/mol. The van der Waals surface area contributed by atoms with E-state index in [1.165, 1.54) is 18.2 Å². The molecule has 2 aromatic carbocycles. The lowest BCUT2D eigenvalue weighted by Crippen LogP contribution is -2.37. The lowest BCUT2D eigenvalue weighted by molar-refractivity contribution is 0.0708. The van der Waals surface area contributed by atoms with Crippen LogP contribution in [0.3, 0.4) is 0 Å². The largest absolute Gasteiger partial charge is 0.450 e. The van der Waals surface area contributed by atoms with Gasteiger partial charge in [0.1, 0.15) is 11.4 Å².